The lowest BCUT2D eigenvalue weighted by molar-refractivity contribution is 0.0946. The van der Waals surface area contributed by atoms with Gasteiger partial charge in [0, 0.05) is 22.9 Å². The molecule has 1 heterocycles. The quantitative estimate of drug-likeness (QED) is 0.855. The average Bonchev–Trinajstić information content (AvgIpc) is 2.38. The minimum atomic E-state index is -0.195. The van der Waals surface area contributed by atoms with Crippen molar-refractivity contribution in [2.45, 2.75) is 6.54 Å². The molecule has 3 N–H and O–H groups in total. The molecular formula is C13H12BrN3O. The number of amides is 1. The second kappa shape index (κ2) is 5.64. The first-order valence-corrected chi connectivity index (χ1v) is 6.18. The maximum atomic E-state index is 11.8. The lowest BCUT2D eigenvalue weighted by Gasteiger charge is -2.05. The Morgan fingerprint density at radius 2 is 1.94 bits per heavy atom. The van der Waals surface area contributed by atoms with Crippen LogP contribution in [0.2, 0.25) is 0 Å². The summed E-state index contributed by atoms with van der Waals surface area (Å²) >= 11 is 3.27. The molecule has 0 unspecified atom stereocenters. The number of nitrogens with zero attached hydrogens (tertiary/aromatic N) is 1. The van der Waals surface area contributed by atoms with Crippen LogP contribution >= 0.6 is 15.9 Å². The second-order valence-electron chi connectivity index (χ2n) is 3.79. The number of rotatable bonds is 3. The fourth-order valence-corrected chi connectivity index (χ4v) is 1.65. The van der Waals surface area contributed by atoms with Crippen molar-refractivity contribution in [1.82, 2.24) is 10.3 Å². The molecule has 2 aromatic rings. The topological polar surface area (TPSA) is 68.0 Å². The van der Waals surface area contributed by atoms with E-state index in [1.165, 1.54) is 0 Å². The van der Waals surface area contributed by atoms with Crippen LogP contribution in [-0.4, -0.2) is 10.9 Å². The highest BCUT2D eigenvalue weighted by Gasteiger charge is 2.06. The minimum Gasteiger partial charge on any atom is -0.399 e. The van der Waals surface area contributed by atoms with Crippen molar-refractivity contribution < 1.29 is 4.79 Å². The highest BCUT2D eigenvalue weighted by Crippen LogP contribution is 2.08. The molecule has 0 aliphatic heterocycles. The Morgan fingerprint density at radius 1 is 1.22 bits per heavy atom. The zero-order chi connectivity index (χ0) is 13.0. The lowest BCUT2D eigenvalue weighted by atomic mass is 10.2. The number of anilines is 1. The third-order valence-corrected chi connectivity index (χ3v) is 2.86. The highest BCUT2D eigenvalue weighted by atomic mass is 79.9. The number of carbonyl (C=O) groups excluding carboxylic acids is 1. The Morgan fingerprint density at radius 3 is 2.56 bits per heavy atom. The predicted molar refractivity (Wildman–Crippen MR) is 74.0 cm³/mol. The number of hydrogen-bond donors (Lipinski definition) is 2. The average molecular weight is 306 g/mol. The largest absolute Gasteiger partial charge is 0.399 e. The summed E-state index contributed by atoms with van der Waals surface area (Å²) in [6.07, 6.45) is 1.60. The van der Waals surface area contributed by atoms with Gasteiger partial charge in [-0.25, -0.2) is 4.98 Å². The van der Waals surface area contributed by atoms with E-state index in [1.54, 1.807) is 30.5 Å². The summed E-state index contributed by atoms with van der Waals surface area (Å²) in [7, 11) is 0. The van der Waals surface area contributed by atoms with Gasteiger partial charge in [0.25, 0.3) is 5.91 Å². The molecule has 0 atom stereocenters. The van der Waals surface area contributed by atoms with Crippen molar-refractivity contribution >= 4 is 27.5 Å². The van der Waals surface area contributed by atoms with Crippen molar-refractivity contribution in [2.24, 2.45) is 0 Å². The molecule has 0 saturated heterocycles. The van der Waals surface area contributed by atoms with Gasteiger partial charge in [0.05, 0.1) is 0 Å². The Labute approximate surface area is 113 Å². The van der Waals surface area contributed by atoms with E-state index in [1.807, 2.05) is 12.1 Å². The molecule has 0 fully saturated rings. The van der Waals surface area contributed by atoms with Gasteiger partial charge in [-0.3, -0.25) is 4.79 Å². The third kappa shape index (κ3) is 3.30. The molecule has 0 saturated carbocycles. The summed E-state index contributed by atoms with van der Waals surface area (Å²) in [6.45, 7) is 0.455. The predicted octanol–water partition coefficient (Wildman–Crippen LogP) is 2.36. The number of halogens is 1. The molecule has 0 aliphatic rings. The van der Waals surface area contributed by atoms with Crippen LogP contribution in [0.25, 0.3) is 0 Å². The van der Waals surface area contributed by atoms with E-state index < -0.39 is 0 Å². The molecule has 1 aromatic heterocycles. The number of benzene rings is 1. The SMILES string of the molecule is Nc1ccc(CNC(=O)c2ccc(Br)cn2)cc1. The standard InChI is InChI=1S/C13H12BrN3O/c14-10-3-6-12(16-8-10)13(18)17-7-9-1-4-11(15)5-2-9/h1-6,8H,7,15H2,(H,17,18). The molecular weight excluding hydrogens is 294 g/mol. The van der Waals surface area contributed by atoms with Crippen LogP contribution in [0.4, 0.5) is 5.69 Å². The number of aromatic nitrogens is 1. The number of nitrogens with one attached hydrogen (secondary N) is 1. The number of nitrogen functional groups attached to an aromatic ring is 1. The van der Waals surface area contributed by atoms with E-state index in [9.17, 15) is 4.79 Å². The number of carbonyl (C=O) groups is 1. The minimum absolute atomic E-state index is 0.195. The van der Waals surface area contributed by atoms with Crippen molar-refractivity contribution in [3.05, 3.63) is 58.3 Å². The van der Waals surface area contributed by atoms with E-state index in [-0.39, 0.29) is 5.91 Å². The summed E-state index contributed by atoms with van der Waals surface area (Å²) in [5, 5.41) is 2.80. The van der Waals surface area contributed by atoms with Crippen LogP contribution in [0.5, 0.6) is 0 Å². The molecule has 92 valence electrons. The maximum Gasteiger partial charge on any atom is 0.270 e. The Balaban J connectivity index is 1.96. The molecule has 0 bridgehead atoms. The first-order valence-electron chi connectivity index (χ1n) is 5.39. The van der Waals surface area contributed by atoms with Gasteiger partial charge < -0.3 is 11.1 Å². The van der Waals surface area contributed by atoms with Gasteiger partial charge in [-0.05, 0) is 45.8 Å². The smallest absolute Gasteiger partial charge is 0.270 e. The van der Waals surface area contributed by atoms with E-state index in [0.29, 0.717) is 17.9 Å². The van der Waals surface area contributed by atoms with Crippen molar-refractivity contribution in [1.29, 1.82) is 0 Å². The van der Waals surface area contributed by atoms with E-state index in [4.69, 9.17) is 5.73 Å². The normalized spacial score (nSPS) is 10.1. The summed E-state index contributed by atoms with van der Waals surface area (Å²) in [4.78, 5) is 15.8. The Hall–Kier alpha value is -1.88. The summed E-state index contributed by atoms with van der Waals surface area (Å²) in [5.74, 6) is -0.195. The highest BCUT2D eigenvalue weighted by molar-refractivity contribution is 9.10. The second-order valence-corrected chi connectivity index (χ2v) is 4.70. The van der Waals surface area contributed by atoms with E-state index in [2.05, 4.69) is 26.2 Å². The molecule has 1 amide bonds. The first-order chi connectivity index (χ1) is 8.65. The van der Waals surface area contributed by atoms with Crippen molar-refractivity contribution in [3.63, 3.8) is 0 Å². The molecule has 5 heteroatoms. The summed E-state index contributed by atoms with van der Waals surface area (Å²) < 4.78 is 0.845. The molecule has 18 heavy (non-hydrogen) atoms. The molecule has 0 spiro atoms. The monoisotopic (exact) mass is 305 g/mol. The maximum absolute atomic E-state index is 11.8. The third-order valence-electron chi connectivity index (χ3n) is 2.39. The fraction of sp³-hybridized carbons (Fsp3) is 0.0769. The van der Waals surface area contributed by atoms with Crippen LogP contribution in [0.3, 0.4) is 0 Å². The van der Waals surface area contributed by atoms with Gasteiger partial charge in [-0.1, -0.05) is 12.1 Å². The summed E-state index contributed by atoms with van der Waals surface area (Å²) in [6, 6.07) is 10.8. The molecule has 0 radical (unpaired) electrons. The van der Waals surface area contributed by atoms with Gasteiger partial charge >= 0.3 is 0 Å². The van der Waals surface area contributed by atoms with Gasteiger partial charge in [0.2, 0.25) is 0 Å². The van der Waals surface area contributed by atoms with Crippen LogP contribution in [0.1, 0.15) is 16.1 Å². The molecule has 1 aromatic carbocycles. The molecule has 4 nitrogen and oxygen atoms in total. The van der Waals surface area contributed by atoms with E-state index >= 15 is 0 Å². The molecule has 0 aliphatic carbocycles. The Bertz CT molecular complexity index is 537. The number of hydrogen-bond acceptors (Lipinski definition) is 3. The van der Waals surface area contributed by atoms with Crippen molar-refractivity contribution in [2.75, 3.05) is 5.73 Å². The van der Waals surface area contributed by atoms with Gasteiger partial charge in [-0.15, -0.1) is 0 Å². The van der Waals surface area contributed by atoms with Crippen LogP contribution in [0, 0.1) is 0 Å². The van der Waals surface area contributed by atoms with Crippen LogP contribution < -0.4 is 11.1 Å². The van der Waals surface area contributed by atoms with Gasteiger partial charge in [0.1, 0.15) is 5.69 Å². The van der Waals surface area contributed by atoms with Gasteiger partial charge in [0.15, 0.2) is 0 Å². The van der Waals surface area contributed by atoms with Gasteiger partial charge in [-0.2, -0.15) is 0 Å². The van der Waals surface area contributed by atoms with E-state index in [0.717, 1.165) is 10.0 Å². The number of pyridine rings is 1. The van der Waals surface area contributed by atoms with Crippen LogP contribution in [0.15, 0.2) is 47.1 Å². The number of nitrogens with two attached hydrogens (primary N) is 1. The zero-order valence-electron chi connectivity index (χ0n) is 9.56. The first kappa shape index (κ1) is 12.6. The fourth-order valence-electron chi connectivity index (χ4n) is 1.42. The van der Waals surface area contributed by atoms with Crippen LogP contribution in [-0.2, 0) is 6.54 Å². The molecule has 2 rings (SSSR count). The van der Waals surface area contributed by atoms with Crippen molar-refractivity contribution in [3.8, 4) is 0 Å². The Kier molecular flexibility index (Phi) is 3.94. The zero-order valence-corrected chi connectivity index (χ0v) is 11.1. The summed E-state index contributed by atoms with van der Waals surface area (Å²) in [5.41, 5.74) is 7.69. The lowest BCUT2D eigenvalue weighted by Crippen LogP contribution is -2.23.